The van der Waals surface area contributed by atoms with E-state index in [0.717, 1.165) is 13.1 Å². The van der Waals surface area contributed by atoms with Crippen molar-refractivity contribution >= 4 is 12.1 Å². The van der Waals surface area contributed by atoms with Crippen molar-refractivity contribution in [2.75, 3.05) is 20.1 Å². The van der Waals surface area contributed by atoms with Gasteiger partial charge in [0.05, 0.1) is 20.0 Å². The molecule has 0 spiro atoms. The third-order valence-electron chi connectivity index (χ3n) is 2.00. The van der Waals surface area contributed by atoms with Crippen molar-refractivity contribution < 1.29 is 9.37 Å². The molecule has 1 heterocycles. The number of hydrogen-bond donors (Lipinski definition) is 0. The molecule has 0 saturated carbocycles. The smallest absolute Gasteiger partial charge is 0.291 e. The van der Waals surface area contributed by atoms with Gasteiger partial charge in [0.2, 0.25) is 0 Å². The highest BCUT2D eigenvalue weighted by atomic mass is 16.2. The fourth-order valence-corrected chi connectivity index (χ4v) is 1.46. The molecule has 11 heavy (non-hydrogen) atoms. The van der Waals surface area contributed by atoms with Crippen molar-refractivity contribution in [1.82, 2.24) is 4.90 Å². The van der Waals surface area contributed by atoms with Gasteiger partial charge >= 0.3 is 5.91 Å². The van der Waals surface area contributed by atoms with Gasteiger partial charge in [-0.15, -0.1) is 0 Å². The number of carbonyl (C=O) groups is 1. The Hall–Kier alpha value is -0.700. The lowest BCUT2D eigenvalue weighted by atomic mass is 10.2. The van der Waals surface area contributed by atoms with Crippen molar-refractivity contribution in [3.8, 4) is 0 Å². The van der Waals surface area contributed by atoms with Gasteiger partial charge in [0, 0.05) is 0 Å². The molecule has 0 aromatic carbocycles. The fraction of sp³-hybridized carbons (Fsp3) is 0.750. The summed E-state index contributed by atoms with van der Waals surface area (Å²) in [6.07, 6.45) is 1.95. The molecule has 1 aliphatic heterocycles. The largest absolute Gasteiger partial charge is 0.383 e. The van der Waals surface area contributed by atoms with Crippen LogP contribution in [0.1, 0.15) is 13.8 Å². The topological polar surface area (TPSA) is 23.3 Å². The predicted molar refractivity (Wildman–Crippen MR) is 44.0 cm³/mol. The second-order valence-corrected chi connectivity index (χ2v) is 3.18. The molecule has 3 heteroatoms. The Morgan fingerprint density at radius 1 is 1.73 bits per heavy atom. The van der Waals surface area contributed by atoms with E-state index in [0.29, 0.717) is 6.04 Å². The van der Waals surface area contributed by atoms with Crippen molar-refractivity contribution in [2.24, 2.45) is 0 Å². The fourth-order valence-electron chi connectivity index (χ4n) is 1.46. The van der Waals surface area contributed by atoms with Gasteiger partial charge in [0.25, 0.3) is 0 Å². The van der Waals surface area contributed by atoms with Crippen molar-refractivity contribution in [1.29, 1.82) is 0 Å². The first-order valence-corrected chi connectivity index (χ1v) is 3.92. The van der Waals surface area contributed by atoms with Gasteiger partial charge in [0.1, 0.15) is 0 Å². The van der Waals surface area contributed by atoms with Gasteiger partial charge in [-0.2, -0.15) is 4.58 Å². The third kappa shape index (κ3) is 1.87. The molecule has 1 rings (SSSR count). The number of amides is 1. The van der Waals surface area contributed by atoms with E-state index < -0.39 is 0 Å². The van der Waals surface area contributed by atoms with Crippen LogP contribution in [0.15, 0.2) is 0 Å². The SMILES string of the molecule is CC(=O)[N+]1=CCN(C)CC1C. The lowest BCUT2D eigenvalue weighted by Gasteiger charge is -2.21. The van der Waals surface area contributed by atoms with E-state index in [1.54, 1.807) is 11.5 Å². The average Bonchev–Trinajstić information content (AvgIpc) is 1.85. The molecule has 0 bridgehead atoms. The minimum absolute atomic E-state index is 0.144. The number of likely N-dealkylation sites (N-methyl/N-ethyl adjacent to an activating group) is 1. The van der Waals surface area contributed by atoms with Crippen LogP contribution in [0.25, 0.3) is 0 Å². The average molecular weight is 155 g/mol. The maximum Gasteiger partial charge on any atom is 0.383 e. The molecule has 0 aromatic heterocycles. The number of nitrogens with zero attached hydrogens (tertiary/aromatic N) is 2. The van der Waals surface area contributed by atoms with Gasteiger partial charge in [-0.1, -0.05) is 0 Å². The first-order chi connectivity index (χ1) is 5.11. The molecule has 0 aliphatic carbocycles. The van der Waals surface area contributed by atoms with Gasteiger partial charge < -0.3 is 0 Å². The zero-order valence-electron chi connectivity index (χ0n) is 7.37. The zero-order valence-corrected chi connectivity index (χ0v) is 7.37. The highest BCUT2D eigenvalue weighted by Gasteiger charge is 2.25. The number of hydrogen-bond acceptors (Lipinski definition) is 2. The molecule has 1 aliphatic rings. The van der Waals surface area contributed by atoms with Crippen LogP contribution < -0.4 is 0 Å². The van der Waals surface area contributed by atoms with Gasteiger partial charge in [-0.25, -0.2) is 4.79 Å². The first-order valence-electron chi connectivity index (χ1n) is 3.92. The van der Waals surface area contributed by atoms with Crippen LogP contribution in [0.4, 0.5) is 0 Å². The summed E-state index contributed by atoms with van der Waals surface area (Å²) in [5.41, 5.74) is 0. The van der Waals surface area contributed by atoms with E-state index in [9.17, 15) is 4.79 Å². The molecule has 0 radical (unpaired) electrons. The summed E-state index contributed by atoms with van der Waals surface area (Å²) in [4.78, 5) is 13.2. The zero-order chi connectivity index (χ0) is 8.43. The van der Waals surface area contributed by atoms with Crippen LogP contribution in [0.2, 0.25) is 0 Å². The van der Waals surface area contributed by atoms with Crippen molar-refractivity contribution in [3.05, 3.63) is 0 Å². The monoisotopic (exact) mass is 155 g/mol. The highest BCUT2D eigenvalue weighted by Crippen LogP contribution is 1.98. The lowest BCUT2D eigenvalue weighted by molar-refractivity contribution is -0.485. The second kappa shape index (κ2) is 3.13. The van der Waals surface area contributed by atoms with E-state index in [1.807, 2.05) is 6.21 Å². The van der Waals surface area contributed by atoms with Crippen LogP contribution >= 0.6 is 0 Å². The molecule has 1 unspecified atom stereocenters. The Bertz CT molecular complexity index is 198. The van der Waals surface area contributed by atoms with Crippen LogP contribution in [-0.4, -0.2) is 47.8 Å². The van der Waals surface area contributed by atoms with Crippen LogP contribution in [0.5, 0.6) is 0 Å². The predicted octanol–water partition coefficient (Wildman–Crippen LogP) is -0.0499. The minimum Gasteiger partial charge on any atom is -0.291 e. The summed E-state index contributed by atoms with van der Waals surface area (Å²) in [7, 11) is 2.06. The molecular weight excluding hydrogens is 140 g/mol. The molecule has 0 N–H and O–H groups in total. The maximum absolute atomic E-state index is 11.0. The van der Waals surface area contributed by atoms with Crippen LogP contribution in [0, 0.1) is 0 Å². The Labute approximate surface area is 67.3 Å². The molecule has 0 aromatic rings. The minimum atomic E-state index is 0.144. The van der Waals surface area contributed by atoms with Crippen LogP contribution in [-0.2, 0) is 4.79 Å². The van der Waals surface area contributed by atoms with Crippen molar-refractivity contribution in [2.45, 2.75) is 19.9 Å². The summed E-state index contributed by atoms with van der Waals surface area (Å²) >= 11 is 0. The normalized spacial score (nSPS) is 26.5. The Balaban J connectivity index is 2.72. The molecular formula is C8H15N2O+. The van der Waals surface area contributed by atoms with E-state index in [2.05, 4.69) is 18.9 Å². The molecule has 3 nitrogen and oxygen atoms in total. The molecule has 0 fully saturated rings. The van der Waals surface area contributed by atoms with Crippen molar-refractivity contribution in [3.63, 3.8) is 0 Å². The Kier molecular flexibility index (Phi) is 2.39. The quantitative estimate of drug-likeness (QED) is 0.458. The summed E-state index contributed by atoms with van der Waals surface area (Å²) < 4.78 is 1.81. The van der Waals surface area contributed by atoms with E-state index in [-0.39, 0.29) is 5.91 Å². The highest BCUT2D eigenvalue weighted by molar-refractivity contribution is 5.71. The molecule has 1 atom stereocenters. The van der Waals surface area contributed by atoms with Gasteiger partial charge in [-0.3, -0.25) is 4.90 Å². The maximum atomic E-state index is 11.0. The van der Waals surface area contributed by atoms with E-state index >= 15 is 0 Å². The molecule has 62 valence electrons. The summed E-state index contributed by atoms with van der Waals surface area (Å²) in [5.74, 6) is 0.144. The lowest BCUT2D eigenvalue weighted by Crippen LogP contribution is -2.44. The second-order valence-electron chi connectivity index (χ2n) is 3.18. The Morgan fingerprint density at radius 3 is 2.82 bits per heavy atom. The van der Waals surface area contributed by atoms with Gasteiger partial charge in [0.15, 0.2) is 12.3 Å². The first kappa shape index (κ1) is 8.40. The van der Waals surface area contributed by atoms with Gasteiger partial charge in [-0.05, 0) is 14.0 Å². The van der Waals surface area contributed by atoms with E-state index in [4.69, 9.17) is 0 Å². The molecule has 1 amide bonds. The van der Waals surface area contributed by atoms with Crippen LogP contribution in [0.3, 0.4) is 0 Å². The number of carbonyl (C=O) groups excluding carboxylic acids is 1. The Morgan fingerprint density at radius 2 is 2.36 bits per heavy atom. The number of rotatable bonds is 0. The third-order valence-corrected chi connectivity index (χ3v) is 2.00. The summed E-state index contributed by atoms with van der Waals surface area (Å²) in [5, 5.41) is 0. The molecule has 0 saturated heterocycles. The standard InChI is InChI=1S/C8H15N2O/c1-7-6-9(3)4-5-10(7)8(2)11/h5,7H,4,6H2,1-3H3/q+1. The summed E-state index contributed by atoms with van der Waals surface area (Å²) in [6.45, 7) is 5.52. The summed E-state index contributed by atoms with van der Waals surface area (Å²) in [6, 6.07) is 0.325. The van der Waals surface area contributed by atoms with E-state index in [1.165, 1.54) is 0 Å².